The Labute approximate surface area is 161 Å². The smallest absolute Gasteiger partial charge is 0.270 e. The van der Waals surface area contributed by atoms with E-state index >= 15 is 0 Å². The molecule has 1 saturated carbocycles. The number of carbonyl (C=O) groups excluding carboxylic acids is 1. The summed E-state index contributed by atoms with van der Waals surface area (Å²) in [6.07, 6.45) is 8.94. The van der Waals surface area contributed by atoms with Gasteiger partial charge in [0.1, 0.15) is 5.69 Å². The first-order chi connectivity index (χ1) is 12.8. The average Bonchev–Trinajstić information content (AvgIpc) is 2.89. The number of anilines is 1. The molecule has 0 aromatic carbocycles. The fourth-order valence-electron chi connectivity index (χ4n) is 5.26. The maximum absolute atomic E-state index is 12.6. The van der Waals surface area contributed by atoms with Gasteiger partial charge in [-0.1, -0.05) is 26.8 Å². The molecule has 1 aliphatic carbocycles. The molecule has 4 rings (SSSR count). The van der Waals surface area contributed by atoms with Crippen LogP contribution in [0.4, 0.5) is 5.69 Å². The molecule has 1 N–H and O–H groups in total. The van der Waals surface area contributed by atoms with Crippen molar-refractivity contribution in [3.63, 3.8) is 0 Å². The Morgan fingerprint density at radius 1 is 1.26 bits per heavy atom. The van der Waals surface area contributed by atoms with E-state index in [-0.39, 0.29) is 5.91 Å². The molecule has 1 amide bonds. The molecule has 0 unspecified atom stereocenters. The minimum absolute atomic E-state index is 0.144. The number of hydrogen-bond donors (Lipinski definition) is 1. The van der Waals surface area contributed by atoms with E-state index in [1.54, 1.807) is 18.6 Å². The topological polar surface area (TPSA) is 58.1 Å². The third kappa shape index (κ3) is 3.82. The second kappa shape index (κ2) is 6.63. The van der Waals surface area contributed by atoms with Crippen molar-refractivity contribution < 1.29 is 4.79 Å². The lowest BCUT2D eigenvalue weighted by Gasteiger charge is -2.39. The highest BCUT2D eigenvalue weighted by molar-refractivity contribution is 5.93. The van der Waals surface area contributed by atoms with Gasteiger partial charge in [-0.05, 0) is 53.9 Å². The SMILES string of the molecule is CC1(C)C[C@@H]2C[C@@](C)(CN2c2ccnc(C(=O)NCc3cccnc3)c2)C1. The van der Waals surface area contributed by atoms with Crippen molar-refractivity contribution >= 4 is 11.6 Å². The molecule has 3 heterocycles. The molecular formula is C22H28N4O. The number of hydrogen-bond acceptors (Lipinski definition) is 4. The van der Waals surface area contributed by atoms with E-state index < -0.39 is 0 Å². The quantitative estimate of drug-likeness (QED) is 0.896. The van der Waals surface area contributed by atoms with Crippen molar-refractivity contribution in [1.82, 2.24) is 15.3 Å². The molecule has 5 heteroatoms. The van der Waals surface area contributed by atoms with Crippen molar-refractivity contribution in [2.45, 2.75) is 52.6 Å². The predicted octanol–water partition coefficient (Wildman–Crippen LogP) is 3.81. The zero-order valence-corrected chi connectivity index (χ0v) is 16.4. The molecule has 1 saturated heterocycles. The van der Waals surface area contributed by atoms with Crippen LogP contribution in [-0.4, -0.2) is 28.5 Å². The van der Waals surface area contributed by atoms with E-state index in [4.69, 9.17) is 0 Å². The lowest BCUT2D eigenvalue weighted by molar-refractivity contribution is 0.0946. The lowest BCUT2D eigenvalue weighted by Crippen LogP contribution is -2.34. The fraction of sp³-hybridized carbons (Fsp3) is 0.500. The highest BCUT2D eigenvalue weighted by Gasteiger charge is 2.49. The number of nitrogens with one attached hydrogen (secondary N) is 1. The first-order valence-corrected chi connectivity index (χ1v) is 9.74. The van der Waals surface area contributed by atoms with E-state index in [0.717, 1.165) is 17.8 Å². The highest BCUT2D eigenvalue weighted by atomic mass is 16.1. The Balaban J connectivity index is 1.49. The minimum Gasteiger partial charge on any atom is -0.368 e. The number of amides is 1. The third-order valence-corrected chi connectivity index (χ3v) is 5.90. The van der Waals surface area contributed by atoms with Crippen LogP contribution in [0, 0.1) is 10.8 Å². The fourth-order valence-corrected chi connectivity index (χ4v) is 5.26. The zero-order valence-electron chi connectivity index (χ0n) is 16.4. The van der Waals surface area contributed by atoms with Crippen molar-refractivity contribution in [3.8, 4) is 0 Å². The van der Waals surface area contributed by atoms with Gasteiger partial charge < -0.3 is 10.2 Å². The molecule has 27 heavy (non-hydrogen) atoms. The van der Waals surface area contributed by atoms with Gasteiger partial charge in [0, 0.05) is 43.4 Å². The maximum Gasteiger partial charge on any atom is 0.270 e. The standard InChI is InChI=1S/C22H28N4O/c1-21(2)10-18-11-22(3,14-21)15-26(18)17-6-8-24-19(9-17)20(27)25-13-16-5-4-7-23-12-16/h4-9,12,18H,10-11,13-15H2,1-3H3,(H,25,27)/t18-,22-/m1/s1. The van der Waals surface area contributed by atoms with Gasteiger partial charge in [0.05, 0.1) is 0 Å². The van der Waals surface area contributed by atoms with Crippen molar-refractivity contribution in [2.24, 2.45) is 10.8 Å². The number of rotatable bonds is 4. The Kier molecular flexibility index (Phi) is 4.41. The van der Waals surface area contributed by atoms with E-state index in [2.05, 4.69) is 41.0 Å². The van der Waals surface area contributed by atoms with Gasteiger partial charge in [-0.15, -0.1) is 0 Å². The van der Waals surface area contributed by atoms with E-state index in [0.29, 0.717) is 29.1 Å². The molecule has 2 bridgehead atoms. The molecule has 2 aliphatic rings. The van der Waals surface area contributed by atoms with Gasteiger partial charge in [0.25, 0.3) is 5.91 Å². The van der Waals surface area contributed by atoms with Gasteiger partial charge in [0.15, 0.2) is 0 Å². The summed E-state index contributed by atoms with van der Waals surface area (Å²) in [5.74, 6) is -0.144. The first-order valence-electron chi connectivity index (χ1n) is 9.74. The Bertz CT molecular complexity index is 835. The van der Waals surface area contributed by atoms with Crippen LogP contribution in [0.5, 0.6) is 0 Å². The molecule has 2 fully saturated rings. The minimum atomic E-state index is -0.144. The summed E-state index contributed by atoms with van der Waals surface area (Å²) in [6.45, 7) is 8.68. The molecular weight excluding hydrogens is 336 g/mol. The largest absolute Gasteiger partial charge is 0.368 e. The van der Waals surface area contributed by atoms with Crippen molar-refractivity contribution in [2.75, 3.05) is 11.4 Å². The van der Waals surface area contributed by atoms with Crippen LogP contribution in [0.3, 0.4) is 0 Å². The van der Waals surface area contributed by atoms with Crippen LogP contribution in [0.1, 0.15) is 56.1 Å². The van der Waals surface area contributed by atoms with Crippen LogP contribution in [0.25, 0.3) is 0 Å². The predicted molar refractivity (Wildman–Crippen MR) is 107 cm³/mol. The summed E-state index contributed by atoms with van der Waals surface area (Å²) >= 11 is 0. The van der Waals surface area contributed by atoms with Crippen molar-refractivity contribution in [3.05, 3.63) is 54.1 Å². The lowest BCUT2D eigenvalue weighted by atomic mass is 9.65. The molecule has 1 aliphatic heterocycles. The number of nitrogens with zero attached hydrogens (tertiary/aromatic N) is 3. The molecule has 2 aromatic heterocycles. The summed E-state index contributed by atoms with van der Waals surface area (Å²) in [6, 6.07) is 8.34. The monoisotopic (exact) mass is 364 g/mol. The third-order valence-electron chi connectivity index (χ3n) is 5.90. The van der Waals surface area contributed by atoms with Crippen LogP contribution in [0.15, 0.2) is 42.9 Å². The van der Waals surface area contributed by atoms with Gasteiger partial charge in [-0.2, -0.15) is 0 Å². The van der Waals surface area contributed by atoms with Gasteiger partial charge >= 0.3 is 0 Å². The van der Waals surface area contributed by atoms with E-state index in [1.807, 2.05) is 24.3 Å². The Hall–Kier alpha value is -2.43. The second-order valence-electron chi connectivity index (χ2n) is 9.28. The summed E-state index contributed by atoms with van der Waals surface area (Å²) in [7, 11) is 0. The van der Waals surface area contributed by atoms with Crippen LogP contribution in [0.2, 0.25) is 0 Å². The van der Waals surface area contributed by atoms with Gasteiger partial charge in [0.2, 0.25) is 0 Å². The number of aromatic nitrogens is 2. The first kappa shape index (κ1) is 18.0. The summed E-state index contributed by atoms with van der Waals surface area (Å²) in [4.78, 5) is 23.4. The second-order valence-corrected chi connectivity index (χ2v) is 9.28. The molecule has 0 radical (unpaired) electrons. The number of carbonyl (C=O) groups is 1. The number of pyridine rings is 2. The molecule has 142 valence electrons. The normalized spacial score (nSPS) is 26.0. The summed E-state index contributed by atoms with van der Waals surface area (Å²) in [5.41, 5.74) is 3.30. The van der Waals surface area contributed by atoms with Gasteiger partial charge in [-0.25, -0.2) is 0 Å². The Morgan fingerprint density at radius 2 is 2.11 bits per heavy atom. The van der Waals surface area contributed by atoms with Crippen LogP contribution in [-0.2, 0) is 6.54 Å². The van der Waals surface area contributed by atoms with Crippen molar-refractivity contribution in [1.29, 1.82) is 0 Å². The Morgan fingerprint density at radius 3 is 2.89 bits per heavy atom. The number of fused-ring (bicyclic) bond motifs is 2. The van der Waals surface area contributed by atoms with Crippen LogP contribution < -0.4 is 10.2 Å². The highest BCUT2D eigenvalue weighted by Crippen LogP contribution is 2.53. The zero-order chi connectivity index (χ0) is 19.1. The molecule has 2 atom stereocenters. The van der Waals surface area contributed by atoms with Gasteiger partial charge in [-0.3, -0.25) is 14.8 Å². The maximum atomic E-state index is 12.6. The summed E-state index contributed by atoms with van der Waals surface area (Å²) < 4.78 is 0. The van der Waals surface area contributed by atoms with E-state index in [1.165, 1.54) is 19.3 Å². The molecule has 0 spiro atoms. The van der Waals surface area contributed by atoms with E-state index in [9.17, 15) is 4.79 Å². The molecule has 2 aromatic rings. The molecule has 5 nitrogen and oxygen atoms in total. The van der Waals surface area contributed by atoms with Crippen LogP contribution >= 0.6 is 0 Å². The average molecular weight is 364 g/mol. The summed E-state index contributed by atoms with van der Waals surface area (Å²) in [5, 5.41) is 2.94.